The van der Waals surface area contributed by atoms with E-state index in [-0.39, 0.29) is 5.92 Å². The largest absolute Gasteiger partial charge is 0.384 e. The van der Waals surface area contributed by atoms with Crippen molar-refractivity contribution in [3.8, 4) is 0 Å². The summed E-state index contributed by atoms with van der Waals surface area (Å²) >= 11 is 0. The second-order valence-electron chi connectivity index (χ2n) is 8.41. The third kappa shape index (κ3) is 5.09. The maximum absolute atomic E-state index is 11.5. The van der Waals surface area contributed by atoms with Crippen LogP contribution in [0, 0.1) is 0 Å². The average Bonchev–Trinajstić information content (AvgIpc) is 2.70. The van der Waals surface area contributed by atoms with Crippen molar-refractivity contribution in [2.24, 2.45) is 0 Å². The molecule has 0 fully saturated rings. The summed E-state index contributed by atoms with van der Waals surface area (Å²) < 4.78 is 0. The molecule has 0 aromatic heterocycles. The van der Waals surface area contributed by atoms with Gasteiger partial charge in [-0.3, -0.25) is 0 Å². The first-order valence-corrected chi connectivity index (χ1v) is 13.2. The molecule has 144 valence electrons. The van der Waals surface area contributed by atoms with Crippen LogP contribution in [-0.4, -0.2) is 13.2 Å². The van der Waals surface area contributed by atoms with Crippen molar-refractivity contribution in [2.75, 3.05) is 0 Å². The Morgan fingerprint density at radius 3 is 1.89 bits per heavy atom. The molecule has 0 aliphatic heterocycles. The van der Waals surface area contributed by atoms with Crippen LogP contribution in [-0.2, 0) is 11.6 Å². The fourth-order valence-electron chi connectivity index (χ4n) is 3.78. The maximum Gasteiger partial charge on any atom is 0.0971 e. The van der Waals surface area contributed by atoms with Crippen molar-refractivity contribution in [2.45, 2.75) is 37.6 Å². The molecule has 0 aliphatic rings. The molecule has 3 aromatic carbocycles. The fourth-order valence-corrected chi connectivity index (χ4v) is 5.90. The zero-order valence-electron chi connectivity index (χ0n) is 17.0. The minimum atomic E-state index is -1.61. The van der Waals surface area contributed by atoms with Crippen molar-refractivity contribution >= 4 is 8.07 Å². The first kappa shape index (κ1) is 20.3. The summed E-state index contributed by atoms with van der Waals surface area (Å²) in [6, 6.07) is 32.1. The molecule has 3 aromatic rings. The molecule has 0 heterocycles. The molecule has 0 radical (unpaired) electrons. The number of rotatable bonds is 7. The number of hydrogen-bond donors (Lipinski definition) is 1. The van der Waals surface area contributed by atoms with E-state index in [0.717, 1.165) is 17.2 Å². The summed E-state index contributed by atoms with van der Waals surface area (Å²) in [5.74, 6) is -0.0985. The summed E-state index contributed by atoms with van der Waals surface area (Å²) in [4.78, 5) is 0. The SMILES string of the molecule is C[C@](O)(c1ccccc1)[C@@H](/C=C/[Si](C)(C)Cc1ccccc1)c1ccccc1. The maximum atomic E-state index is 11.5. The van der Waals surface area contributed by atoms with Gasteiger partial charge in [-0.25, -0.2) is 0 Å². The molecule has 0 amide bonds. The van der Waals surface area contributed by atoms with Gasteiger partial charge in [0.2, 0.25) is 0 Å². The Kier molecular flexibility index (Phi) is 6.33. The van der Waals surface area contributed by atoms with E-state index in [1.165, 1.54) is 5.56 Å². The molecule has 0 spiro atoms. The lowest BCUT2D eigenvalue weighted by atomic mass is 9.79. The van der Waals surface area contributed by atoms with E-state index in [0.29, 0.717) is 0 Å². The first-order valence-electron chi connectivity index (χ1n) is 9.95. The highest BCUT2D eigenvalue weighted by atomic mass is 28.3. The van der Waals surface area contributed by atoms with Gasteiger partial charge in [-0.2, -0.15) is 0 Å². The molecule has 2 atom stereocenters. The highest BCUT2D eigenvalue weighted by Gasteiger charge is 2.33. The summed E-state index contributed by atoms with van der Waals surface area (Å²) in [5, 5.41) is 11.5. The average molecular weight is 387 g/mol. The van der Waals surface area contributed by atoms with E-state index in [1.54, 1.807) is 0 Å². The van der Waals surface area contributed by atoms with Crippen LogP contribution in [0.2, 0.25) is 13.1 Å². The summed E-state index contributed by atoms with van der Waals surface area (Å²) in [6.45, 7) is 6.70. The van der Waals surface area contributed by atoms with E-state index in [4.69, 9.17) is 0 Å². The van der Waals surface area contributed by atoms with Crippen LogP contribution in [0.5, 0.6) is 0 Å². The quantitative estimate of drug-likeness (QED) is 0.475. The van der Waals surface area contributed by atoms with Crippen LogP contribution in [0.1, 0.15) is 29.5 Å². The van der Waals surface area contributed by atoms with E-state index in [1.807, 2.05) is 55.5 Å². The van der Waals surface area contributed by atoms with Crippen molar-refractivity contribution in [1.82, 2.24) is 0 Å². The molecule has 0 saturated heterocycles. The van der Waals surface area contributed by atoms with Gasteiger partial charge in [0, 0.05) is 5.92 Å². The monoisotopic (exact) mass is 386 g/mol. The van der Waals surface area contributed by atoms with Gasteiger partial charge in [-0.15, -0.1) is 0 Å². The molecule has 1 N–H and O–H groups in total. The zero-order chi connectivity index (χ0) is 20.0. The molecular weight excluding hydrogens is 356 g/mol. The van der Waals surface area contributed by atoms with Crippen LogP contribution in [0.15, 0.2) is 103 Å². The molecule has 0 bridgehead atoms. The Hall–Kier alpha value is -2.42. The normalized spacial score (nSPS) is 15.3. The summed E-state index contributed by atoms with van der Waals surface area (Å²) in [7, 11) is -1.61. The third-order valence-corrected chi connectivity index (χ3v) is 7.78. The topological polar surface area (TPSA) is 20.2 Å². The van der Waals surface area contributed by atoms with Gasteiger partial charge in [-0.05, 0) is 24.1 Å². The van der Waals surface area contributed by atoms with Gasteiger partial charge in [-0.1, -0.05) is 121 Å². The zero-order valence-corrected chi connectivity index (χ0v) is 18.0. The molecule has 28 heavy (non-hydrogen) atoms. The summed E-state index contributed by atoms with van der Waals surface area (Å²) in [5.41, 5.74) is 4.88. The van der Waals surface area contributed by atoms with Crippen LogP contribution in [0.4, 0.5) is 0 Å². The Labute approximate surface area is 170 Å². The van der Waals surface area contributed by atoms with E-state index in [9.17, 15) is 5.11 Å². The lowest BCUT2D eigenvalue weighted by molar-refractivity contribution is 0.0416. The highest BCUT2D eigenvalue weighted by molar-refractivity contribution is 6.81. The Morgan fingerprint density at radius 1 is 0.821 bits per heavy atom. The molecule has 3 rings (SSSR count). The number of hydrogen-bond acceptors (Lipinski definition) is 1. The first-order chi connectivity index (χ1) is 13.4. The van der Waals surface area contributed by atoms with Crippen molar-refractivity contribution in [3.05, 3.63) is 119 Å². The lowest BCUT2D eigenvalue weighted by Crippen LogP contribution is -2.31. The standard InChI is InChI=1S/C26H30OSi/c1-26(27,24-17-11-6-12-18-24)25(23-15-9-5-10-16-23)19-20-28(2,3)21-22-13-7-4-8-14-22/h4-20,25,27H,21H2,1-3H3/b20-19+/t25-,26-/m0/s1. The molecule has 0 saturated carbocycles. The van der Waals surface area contributed by atoms with Crippen LogP contribution in [0.3, 0.4) is 0 Å². The van der Waals surface area contributed by atoms with Gasteiger partial charge < -0.3 is 5.11 Å². The van der Waals surface area contributed by atoms with Crippen molar-refractivity contribution in [1.29, 1.82) is 0 Å². The van der Waals surface area contributed by atoms with Crippen LogP contribution >= 0.6 is 0 Å². The Morgan fingerprint density at radius 2 is 1.32 bits per heavy atom. The minimum Gasteiger partial charge on any atom is -0.384 e. The minimum absolute atomic E-state index is 0.0985. The van der Waals surface area contributed by atoms with E-state index >= 15 is 0 Å². The van der Waals surface area contributed by atoms with Gasteiger partial charge in [0.1, 0.15) is 0 Å². The predicted octanol–water partition coefficient (Wildman–Crippen LogP) is 6.26. The van der Waals surface area contributed by atoms with Gasteiger partial charge in [0.15, 0.2) is 0 Å². The van der Waals surface area contributed by atoms with Gasteiger partial charge in [0.05, 0.1) is 13.7 Å². The van der Waals surface area contributed by atoms with E-state index in [2.05, 4.69) is 67.3 Å². The van der Waals surface area contributed by atoms with E-state index < -0.39 is 13.7 Å². The molecule has 0 aliphatic carbocycles. The molecule has 2 heteroatoms. The van der Waals surface area contributed by atoms with Crippen LogP contribution in [0.25, 0.3) is 0 Å². The Bertz CT molecular complexity index is 883. The molecular formula is C26H30OSi. The predicted molar refractivity (Wildman–Crippen MR) is 122 cm³/mol. The second kappa shape index (κ2) is 8.72. The van der Waals surface area contributed by atoms with Crippen LogP contribution < -0.4 is 0 Å². The van der Waals surface area contributed by atoms with Gasteiger partial charge in [0.25, 0.3) is 0 Å². The molecule has 0 unspecified atom stereocenters. The van der Waals surface area contributed by atoms with Crippen molar-refractivity contribution in [3.63, 3.8) is 0 Å². The van der Waals surface area contributed by atoms with Gasteiger partial charge >= 0.3 is 0 Å². The third-order valence-electron chi connectivity index (χ3n) is 5.36. The Balaban J connectivity index is 1.93. The number of benzene rings is 3. The highest BCUT2D eigenvalue weighted by Crippen LogP contribution is 2.38. The summed E-state index contributed by atoms with van der Waals surface area (Å²) in [6.07, 6.45) is 2.25. The fraction of sp³-hybridized carbons (Fsp3) is 0.231. The lowest BCUT2D eigenvalue weighted by Gasteiger charge is -2.33. The second-order valence-corrected chi connectivity index (χ2v) is 13.1. The van der Waals surface area contributed by atoms with Crippen molar-refractivity contribution < 1.29 is 5.11 Å². The smallest absolute Gasteiger partial charge is 0.0971 e. The number of aliphatic hydroxyl groups is 1. The molecule has 1 nitrogen and oxygen atoms in total.